The lowest BCUT2D eigenvalue weighted by Crippen LogP contribution is -2.25. The fourth-order valence-corrected chi connectivity index (χ4v) is 2.46. The summed E-state index contributed by atoms with van der Waals surface area (Å²) in [5.74, 6) is 0.0937. The zero-order valence-corrected chi connectivity index (χ0v) is 16.1. The molecule has 144 valence electrons. The van der Waals surface area contributed by atoms with Gasteiger partial charge in [0.2, 0.25) is 0 Å². The third kappa shape index (κ3) is 6.14. The second-order valence-electron chi connectivity index (χ2n) is 5.99. The first kappa shape index (κ1) is 20.5. The number of furan rings is 1. The van der Waals surface area contributed by atoms with Gasteiger partial charge >= 0.3 is 0 Å². The number of hydrogen-bond acceptors (Lipinski definition) is 6. The first-order valence-corrected chi connectivity index (χ1v) is 8.65. The first-order valence-electron chi connectivity index (χ1n) is 8.28. The predicted octanol–water partition coefficient (Wildman–Crippen LogP) is 2.15. The molecule has 0 bridgehead atoms. The second-order valence-corrected chi connectivity index (χ2v) is 6.39. The number of hydrazone groups is 1. The van der Waals surface area contributed by atoms with Gasteiger partial charge in [0.05, 0.1) is 5.71 Å². The molecule has 0 spiro atoms. The van der Waals surface area contributed by atoms with E-state index in [4.69, 9.17) is 20.8 Å². The Morgan fingerprint density at radius 3 is 2.70 bits per heavy atom. The van der Waals surface area contributed by atoms with Crippen LogP contribution in [0.2, 0.25) is 5.02 Å². The molecule has 0 aliphatic rings. The summed E-state index contributed by atoms with van der Waals surface area (Å²) in [6, 6.07) is 6.83. The van der Waals surface area contributed by atoms with E-state index in [0.29, 0.717) is 33.6 Å². The van der Waals surface area contributed by atoms with Crippen LogP contribution in [0.1, 0.15) is 36.0 Å². The van der Waals surface area contributed by atoms with E-state index in [2.05, 4.69) is 10.5 Å². The van der Waals surface area contributed by atoms with Gasteiger partial charge < -0.3 is 19.1 Å². The Labute approximate surface area is 162 Å². The van der Waals surface area contributed by atoms with Crippen LogP contribution in [0.4, 0.5) is 0 Å². The molecule has 27 heavy (non-hydrogen) atoms. The number of hydrogen-bond donors (Lipinski definition) is 1. The SMILES string of the molecule is C/C(=N/NC(=O)COc1ccc(Cl)c(C)c1)c1cc(CCC(=O)[O-])oc1C. The largest absolute Gasteiger partial charge is 0.550 e. The number of amides is 1. The molecular formula is C19H20ClN2O5-. The minimum Gasteiger partial charge on any atom is -0.550 e. The molecule has 8 heteroatoms. The number of carbonyl (C=O) groups excluding carboxylic acids is 2. The van der Waals surface area contributed by atoms with Gasteiger partial charge in [-0.15, -0.1) is 0 Å². The standard InChI is InChI=1S/C19H21ClN2O5/c1-11-8-14(4-6-17(11)20)26-10-18(23)22-21-12(2)16-9-15(27-13(16)3)5-7-19(24)25/h4,6,8-9H,5,7,10H2,1-3H3,(H,22,23)(H,24,25)/p-1/b21-12-. The predicted molar refractivity (Wildman–Crippen MR) is 98.8 cm³/mol. The highest BCUT2D eigenvalue weighted by Crippen LogP contribution is 2.21. The maximum Gasteiger partial charge on any atom is 0.277 e. The number of nitrogens with one attached hydrogen (secondary N) is 1. The Balaban J connectivity index is 1.91. The minimum atomic E-state index is -1.14. The summed E-state index contributed by atoms with van der Waals surface area (Å²) < 4.78 is 10.9. The fourth-order valence-electron chi connectivity index (χ4n) is 2.35. The van der Waals surface area contributed by atoms with E-state index in [1.807, 2.05) is 6.92 Å². The second kappa shape index (κ2) is 9.23. The van der Waals surface area contributed by atoms with E-state index in [9.17, 15) is 14.7 Å². The molecule has 0 aliphatic carbocycles. The van der Waals surface area contributed by atoms with Gasteiger partial charge in [-0.1, -0.05) is 11.6 Å². The van der Waals surface area contributed by atoms with Crippen molar-refractivity contribution in [2.24, 2.45) is 5.10 Å². The summed E-state index contributed by atoms with van der Waals surface area (Å²) in [5.41, 5.74) is 4.50. The summed E-state index contributed by atoms with van der Waals surface area (Å²) in [5, 5.41) is 15.2. The van der Waals surface area contributed by atoms with Gasteiger partial charge in [-0.3, -0.25) is 4.79 Å². The summed E-state index contributed by atoms with van der Waals surface area (Å²) in [6.07, 6.45) is 0.109. The van der Waals surface area contributed by atoms with Crippen LogP contribution in [0, 0.1) is 13.8 Å². The van der Waals surface area contributed by atoms with Gasteiger partial charge in [0, 0.05) is 23.0 Å². The number of aryl methyl sites for hydroxylation is 3. The monoisotopic (exact) mass is 391 g/mol. The number of carboxylic acids is 1. The lowest BCUT2D eigenvalue weighted by atomic mass is 10.1. The highest BCUT2D eigenvalue weighted by molar-refractivity contribution is 6.31. The third-order valence-corrected chi connectivity index (χ3v) is 4.21. The zero-order valence-electron chi connectivity index (χ0n) is 15.3. The maximum absolute atomic E-state index is 11.9. The van der Waals surface area contributed by atoms with Crippen molar-refractivity contribution in [2.45, 2.75) is 33.6 Å². The zero-order chi connectivity index (χ0) is 20.0. The van der Waals surface area contributed by atoms with Crippen molar-refractivity contribution in [3.63, 3.8) is 0 Å². The van der Waals surface area contributed by atoms with Crippen LogP contribution >= 0.6 is 11.6 Å². The molecule has 0 unspecified atom stereocenters. The van der Waals surface area contributed by atoms with Crippen LogP contribution in [0.25, 0.3) is 0 Å². The lowest BCUT2D eigenvalue weighted by molar-refractivity contribution is -0.305. The van der Waals surface area contributed by atoms with E-state index in [0.717, 1.165) is 5.56 Å². The van der Waals surface area contributed by atoms with Gasteiger partial charge in [0.15, 0.2) is 6.61 Å². The highest BCUT2D eigenvalue weighted by atomic mass is 35.5. The summed E-state index contributed by atoms with van der Waals surface area (Å²) in [7, 11) is 0. The fraction of sp³-hybridized carbons (Fsp3) is 0.316. The van der Waals surface area contributed by atoms with Crippen LogP contribution in [0.3, 0.4) is 0 Å². The minimum absolute atomic E-state index is 0.124. The van der Waals surface area contributed by atoms with E-state index in [1.54, 1.807) is 38.1 Å². The van der Waals surface area contributed by atoms with Gasteiger partial charge in [-0.2, -0.15) is 5.10 Å². The van der Waals surface area contributed by atoms with E-state index in [1.165, 1.54) is 0 Å². The van der Waals surface area contributed by atoms with Crippen molar-refractivity contribution in [3.05, 3.63) is 51.9 Å². The topological polar surface area (TPSA) is 104 Å². The average molecular weight is 392 g/mol. The molecule has 0 fully saturated rings. The number of ether oxygens (including phenoxy) is 1. The summed E-state index contributed by atoms with van der Waals surface area (Å²) >= 11 is 5.94. The summed E-state index contributed by atoms with van der Waals surface area (Å²) in [4.78, 5) is 22.4. The van der Waals surface area contributed by atoms with Crippen LogP contribution in [-0.4, -0.2) is 24.2 Å². The number of nitrogens with zero attached hydrogens (tertiary/aromatic N) is 1. The Morgan fingerprint density at radius 2 is 2.04 bits per heavy atom. The number of carboxylic acid groups (broad SMARTS) is 1. The Kier molecular flexibility index (Phi) is 7.01. The van der Waals surface area contributed by atoms with Gasteiger partial charge in [0.25, 0.3) is 5.91 Å². The van der Waals surface area contributed by atoms with E-state index < -0.39 is 11.9 Å². The molecule has 0 saturated carbocycles. The number of carbonyl (C=O) groups is 2. The van der Waals surface area contributed by atoms with E-state index in [-0.39, 0.29) is 19.4 Å². The van der Waals surface area contributed by atoms with Crippen molar-refractivity contribution >= 4 is 29.2 Å². The molecule has 1 aromatic heterocycles. The molecule has 1 amide bonds. The molecule has 0 aliphatic heterocycles. The highest BCUT2D eigenvalue weighted by Gasteiger charge is 2.11. The van der Waals surface area contributed by atoms with Crippen molar-refractivity contribution in [3.8, 4) is 5.75 Å². The maximum atomic E-state index is 11.9. The first-order chi connectivity index (χ1) is 12.8. The number of rotatable bonds is 8. The van der Waals surface area contributed by atoms with Crippen LogP contribution < -0.4 is 15.3 Å². The van der Waals surface area contributed by atoms with Gasteiger partial charge in [-0.05, 0) is 57.0 Å². The quantitative estimate of drug-likeness (QED) is 0.548. The Hall–Kier alpha value is -2.80. The molecule has 2 rings (SSSR count). The number of halogens is 1. The van der Waals surface area contributed by atoms with Crippen molar-refractivity contribution in [1.82, 2.24) is 5.43 Å². The molecule has 2 aromatic rings. The molecule has 1 N–H and O–H groups in total. The van der Waals surface area contributed by atoms with Crippen molar-refractivity contribution in [2.75, 3.05) is 6.61 Å². The summed E-state index contributed by atoms with van der Waals surface area (Å²) in [6.45, 7) is 5.10. The van der Waals surface area contributed by atoms with Gasteiger partial charge in [0.1, 0.15) is 17.3 Å². The molecule has 1 heterocycles. The molecule has 0 saturated heterocycles. The molecule has 0 atom stereocenters. The smallest absolute Gasteiger partial charge is 0.277 e. The normalized spacial score (nSPS) is 11.3. The number of benzene rings is 1. The Bertz CT molecular complexity index is 873. The molecule has 0 radical (unpaired) electrons. The molecule has 1 aromatic carbocycles. The van der Waals surface area contributed by atoms with Crippen LogP contribution in [-0.2, 0) is 16.0 Å². The van der Waals surface area contributed by atoms with E-state index >= 15 is 0 Å². The molecule has 7 nitrogen and oxygen atoms in total. The molecular weight excluding hydrogens is 372 g/mol. The van der Waals surface area contributed by atoms with Gasteiger partial charge in [-0.25, -0.2) is 5.43 Å². The Morgan fingerprint density at radius 1 is 1.30 bits per heavy atom. The van der Waals surface area contributed by atoms with Crippen LogP contribution in [0.5, 0.6) is 5.75 Å². The lowest BCUT2D eigenvalue weighted by Gasteiger charge is -2.07. The number of aliphatic carboxylic acids is 1. The van der Waals surface area contributed by atoms with Crippen molar-refractivity contribution < 1.29 is 23.8 Å². The average Bonchev–Trinajstić information content (AvgIpc) is 2.99. The van der Waals surface area contributed by atoms with Crippen molar-refractivity contribution in [1.29, 1.82) is 0 Å². The third-order valence-electron chi connectivity index (χ3n) is 3.78. The van der Waals surface area contributed by atoms with Crippen LogP contribution in [0.15, 0.2) is 33.8 Å².